The van der Waals surface area contributed by atoms with E-state index in [1.54, 1.807) is 0 Å². The van der Waals surface area contributed by atoms with Crippen molar-refractivity contribution in [1.29, 1.82) is 0 Å². The first-order chi connectivity index (χ1) is 13.8. The summed E-state index contributed by atoms with van der Waals surface area (Å²) in [5, 5.41) is 22.4. The molecule has 2 amide bonds. The van der Waals surface area contributed by atoms with Crippen LogP contribution in [0.15, 0.2) is 35.4 Å². The minimum absolute atomic E-state index is 0.0757. The van der Waals surface area contributed by atoms with Crippen LogP contribution in [0.2, 0.25) is 29.6 Å². The van der Waals surface area contributed by atoms with Crippen molar-refractivity contribution >= 4 is 88.4 Å². The van der Waals surface area contributed by atoms with E-state index >= 15 is 0 Å². The molecule has 2 aliphatic rings. The van der Waals surface area contributed by atoms with E-state index in [-0.39, 0.29) is 22.5 Å². The molecule has 2 aromatic heterocycles. The molecule has 0 spiro atoms. The third kappa shape index (κ3) is 3.53. The Kier molecular flexibility index (Phi) is 5.59. The summed E-state index contributed by atoms with van der Waals surface area (Å²) in [7, 11) is 0. The van der Waals surface area contributed by atoms with Gasteiger partial charge in [0.25, 0.3) is 0 Å². The van der Waals surface area contributed by atoms with E-state index in [1.165, 1.54) is 28.5 Å². The monoisotopic (exact) mass is 660 g/mol. The Bertz CT molecular complexity index is 1060. The first-order valence-electron chi connectivity index (χ1n) is 9.59. The van der Waals surface area contributed by atoms with Gasteiger partial charge in [-0.25, -0.2) is 0 Å². The Labute approximate surface area is 191 Å². The number of hydroxylamine groups is 4. The molecule has 2 aromatic rings. The van der Waals surface area contributed by atoms with Crippen molar-refractivity contribution in [2.75, 3.05) is 0 Å². The van der Waals surface area contributed by atoms with E-state index in [0.29, 0.717) is 19.9 Å². The van der Waals surface area contributed by atoms with Crippen molar-refractivity contribution in [3.05, 3.63) is 45.2 Å². The standard InChI is InChI=1S/C14H6N2O4S2.6CH3.2Sn/c17-13-9-10(12(16(13)20)8-4-2-6-22-8)14(18)15(19)11(9)7-3-1-5-21-7;;;;;;;;/h1-4,19-20H;6*1H3;;. The van der Waals surface area contributed by atoms with E-state index < -0.39 is 48.6 Å². The number of fused-ring (bicyclic) bond motifs is 1. The molecule has 158 valence electrons. The third-order valence-electron chi connectivity index (χ3n) is 5.12. The Morgan fingerprint density at radius 1 is 0.667 bits per heavy atom. The first kappa shape index (κ1) is 22.5. The van der Waals surface area contributed by atoms with Crippen molar-refractivity contribution < 1.29 is 20.0 Å². The summed E-state index contributed by atoms with van der Waals surface area (Å²) in [6.45, 7) is 0. The zero-order chi connectivity index (χ0) is 22.2. The van der Waals surface area contributed by atoms with Gasteiger partial charge in [-0.15, -0.1) is 0 Å². The summed E-state index contributed by atoms with van der Waals surface area (Å²) in [6, 6.07) is 7.77. The summed E-state index contributed by atoms with van der Waals surface area (Å²) in [5.74, 6) is -1.35. The third-order valence-corrected chi connectivity index (χ3v) is 26.3. The predicted octanol–water partition coefficient (Wildman–Crippen LogP) is 3.49. The molecule has 0 saturated carbocycles. The molecule has 0 unspecified atom stereocenters. The molecule has 6 nitrogen and oxygen atoms in total. The van der Waals surface area contributed by atoms with Crippen LogP contribution in [-0.4, -0.2) is 69.1 Å². The summed E-state index contributed by atoms with van der Waals surface area (Å²) in [6.07, 6.45) is 0. The van der Waals surface area contributed by atoms with Crippen LogP contribution in [-0.2, 0) is 9.59 Å². The van der Waals surface area contributed by atoms with Gasteiger partial charge in [-0.05, 0) is 0 Å². The Hall–Kier alpha value is -0.663. The van der Waals surface area contributed by atoms with Gasteiger partial charge in [0.15, 0.2) is 0 Å². The number of carbonyl (C=O) groups is 2. The van der Waals surface area contributed by atoms with Crippen LogP contribution in [0.5, 0.6) is 0 Å². The number of amides is 2. The van der Waals surface area contributed by atoms with Gasteiger partial charge < -0.3 is 0 Å². The summed E-state index contributed by atoms with van der Waals surface area (Å²) in [4.78, 5) is 41.0. The van der Waals surface area contributed by atoms with Gasteiger partial charge in [0.2, 0.25) is 0 Å². The van der Waals surface area contributed by atoms with E-state index in [4.69, 9.17) is 0 Å². The van der Waals surface area contributed by atoms with Crippen LogP contribution >= 0.6 is 22.7 Å². The van der Waals surface area contributed by atoms with E-state index in [2.05, 4.69) is 29.6 Å². The van der Waals surface area contributed by atoms with Gasteiger partial charge in [-0.3, -0.25) is 0 Å². The van der Waals surface area contributed by atoms with Crippen molar-refractivity contribution in [2.24, 2.45) is 0 Å². The van der Waals surface area contributed by atoms with E-state index in [1.807, 2.05) is 24.3 Å². The van der Waals surface area contributed by atoms with Crippen LogP contribution in [0.25, 0.3) is 11.4 Å². The zero-order valence-electron chi connectivity index (χ0n) is 17.7. The van der Waals surface area contributed by atoms with Crippen LogP contribution in [0.1, 0.15) is 9.75 Å². The normalized spacial score (nSPS) is 17.7. The van der Waals surface area contributed by atoms with Gasteiger partial charge in [-0.1, -0.05) is 0 Å². The number of carbonyl (C=O) groups excluding carboxylic acids is 2. The molecule has 10 heteroatoms. The zero-order valence-corrected chi connectivity index (χ0v) is 25.1. The topological polar surface area (TPSA) is 81.1 Å². The van der Waals surface area contributed by atoms with Crippen molar-refractivity contribution in [1.82, 2.24) is 10.1 Å². The van der Waals surface area contributed by atoms with E-state index in [0.717, 1.165) is 0 Å². The molecule has 0 fully saturated rings. The SMILES string of the molecule is [CH3][Sn]([CH3])([CH3])[c]1ccc(C2=C3C(=O)N(O)C(c4cc[c]([Sn]([CH3])([CH3])[CH3])s4)=C3C(=O)N2O)s1. The molecular formula is C20H24N2O4S2Sn2. The number of rotatable bonds is 4. The molecule has 0 bridgehead atoms. The second-order valence-electron chi connectivity index (χ2n) is 9.51. The van der Waals surface area contributed by atoms with Gasteiger partial charge >= 0.3 is 193 Å². The molecule has 0 atom stereocenters. The fourth-order valence-electron chi connectivity index (χ4n) is 3.47. The molecule has 2 aliphatic heterocycles. The van der Waals surface area contributed by atoms with Crippen molar-refractivity contribution in [3.63, 3.8) is 0 Å². The van der Waals surface area contributed by atoms with Gasteiger partial charge in [0, 0.05) is 0 Å². The average molecular weight is 658 g/mol. The van der Waals surface area contributed by atoms with Crippen LogP contribution in [0.3, 0.4) is 0 Å². The molecule has 0 aliphatic carbocycles. The molecular weight excluding hydrogens is 634 g/mol. The van der Waals surface area contributed by atoms with Crippen molar-refractivity contribution in [3.8, 4) is 0 Å². The molecule has 0 aromatic carbocycles. The van der Waals surface area contributed by atoms with Crippen LogP contribution < -0.4 is 5.79 Å². The summed E-state index contributed by atoms with van der Waals surface area (Å²) in [5.41, 5.74) is 0.499. The second-order valence-corrected chi connectivity index (χ2v) is 42.5. The molecule has 2 N–H and O–H groups in total. The Balaban J connectivity index is 1.91. The molecule has 0 radical (unpaired) electrons. The summed E-state index contributed by atoms with van der Waals surface area (Å²) < 4.78 is 2.55. The van der Waals surface area contributed by atoms with Gasteiger partial charge in [0.1, 0.15) is 0 Å². The maximum absolute atomic E-state index is 13.0. The average Bonchev–Trinajstić information content (AvgIpc) is 3.37. The fourth-order valence-corrected chi connectivity index (χ4v) is 16.1. The number of hydrogen-bond donors (Lipinski definition) is 2. The van der Waals surface area contributed by atoms with E-state index in [9.17, 15) is 20.0 Å². The first-order valence-corrected chi connectivity index (χ1v) is 31.2. The van der Waals surface area contributed by atoms with Crippen LogP contribution in [0.4, 0.5) is 0 Å². The van der Waals surface area contributed by atoms with Gasteiger partial charge in [0.05, 0.1) is 0 Å². The van der Waals surface area contributed by atoms with Crippen molar-refractivity contribution in [2.45, 2.75) is 29.6 Å². The number of thiophene rings is 2. The molecule has 0 saturated heterocycles. The number of nitrogens with zero attached hydrogens (tertiary/aromatic N) is 2. The maximum atomic E-state index is 13.0. The predicted molar refractivity (Wildman–Crippen MR) is 126 cm³/mol. The van der Waals surface area contributed by atoms with Crippen LogP contribution in [0, 0.1) is 0 Å². The summed E-state index contributed by atoms with van der Waals surface area (Å²) >= 11 is -1.66. The fraction of sp³-hybridized carbons (Fsp3) is 0.300. The molecule has 30 heavy (non-hydrogen) atoms. The van der Waals surface area contributed by atoms with Gasteiger partial charge in [-0.2, -0.15) is 0 Å². The molecule has 4 heterocycles. The second kappa shape index (κ2) is 7.44. The quantitative estimate of drug-likeness (QED) is 0.390. The molecule has 4 rings (SSSR count). The number of hydrogen-bond acceptors (Lipinski definition) is 6. The Morgan fingerprint density at radius 3 is 1.27 bits per heavy atom. The minimum atomic E-state index is -2.35. The Morgan fingerprint density at radius 2 is 1.00 bits per heavy atom.